The molecule has 1 aromatic heterocycles. The SMILES string of the molecule is Cc1nc([C@@H]2CN(C(=O)[C@H]3C[C@H]3c3ccc(F)cc3)CCO2)n[nH]1. The van der Waals surface area contributed by atoms with Crippen molar-refractivity contribution in [2.45, 2.75) is 25.4 Å². The number of carbonyl (C=O) groups excluding carboxylic acids is 1. The molecule has 0 bridgehead atoms. The molecule has 7 heteroatoms. The van der Waals surface area contributed by atoms with E-state index in [-0.39, 0.29) is 29.7 Å². The number of aryl methyl sites for hydroxylation is 1. The van der Waals surface area contributed by atoms with Crippen LogP contribution in [0.2, 0.25) is 0 Å². The summed E-state index contributed by atoms with van der Waals surface area (Å²) in [5.74, 6) is 1.41. The number of aromatic amines is 1. The van der Waals surface area contributed by atoms with Crippen LogP contribution in [0, 0.1) is 18.7 Å². The molecule has 1 aliphatic heterocycles. The van der Waals surface area contributed by atoms with Crippen molar-refractivity contribution in [2.24, 2.45) is 5.92 Å². The van der Waals surface area contributed by atoms with Crippen LogP contribution in [-0.2, 0) is 9.53 Å². The normalized spacial score (nSPS) is 26.4. The van der Waals surface area contributed by atoms with Gasteiger partial charge in [-0.15, -0.1) is 0 Å². The van der Waals surface area contributed by atoms with Gasteiger partial charge in [-0.05, 0) is 37.0 Å². The molecule has 1 saturated heterocycles. The van der Waals surface area contributed by atoms with Crippen molar-refractivity contribution in [1.29, 1.82) is 0 Å². The van der Waals surface area contributed by atoms with Crippen LogP contribution in [-0.4, -0.2) is 45.7 Å². The smallest absolute Gasteiger partial charge is 0.226 e. The minimum Gasteiger partial charge on any atom is -0.366 e. The van der Waals surface area contributed by atoms with Crippen LogP contribution >= 0.6 is 0 Å². The van der Waals surface area contributed by atoms with Crippen LogP contribution in [0.5, 0.6) is 0 Å². The lowest BCUT2D eigenvalue weighted by atomic mass is 10.1. The maximum Gasteiger partial charge on any atom is 0.226 e. The van der Waals surface area contributed by atoms with Gasteiger partial charge < -0.3 is 9.64 Å². The molecule has 0 radical (unpaired) electrons. The van der Waals surface area contributed by atoms with E-state index in [0.29, 0.717) is 25.5 Å². The van der Waals surface area contributed by atoms with Gasteiger partial charge in [0.1, 0.15) is 17.7 Å². The third kappa shape index (κ3) is 2.91. The highest BCUT2D eigenvalue weighted by molar-refractivity contribution is 5.83. The number of morpholine rings is 1. The number of benzene rings is 1. The minimum absolute atomic E-state index is 0.0110. The zero-order chi connectivity index (χ0) is 16.7. The molecule has 0 spiro atoms. The predicted molar refractivity (Wildman–Crippen MR) is 83.6 cm³/mol. The third-order valence-electron chi connectivity index (χ3n) is 4.69. The van der Waals surface area contributed by atoms with Gasteiger partial charge in [0.2, 0.25) is 5.91 Å². The Morgan fingerprint density at radius 1 is 1.38 bits per heavy atom. The lowest BCUT2D eigenvalue weighted by molar-refractivity contribution is -0.140. The number of nitrogens with one attached hydrogen (secondary N) is 1. The topological polar surface area (TPSA) is 71.1 Å². The number of amides is 1. The molecule has 1 saturated carbocycles. The summed E-state index contributed by atoms with van der Waals surface area (Å²) in [6.45, 7) is 3.38. The minimum atomic E-state index is -0.282. The fourth-order valence-corrected chi connectivity index (χ4v) is 3.29. The average molecular weight is 330 g/mol. The van der Waals surface area contributed by atoms with Gasteiger partial charge in [0.15, 0.2) is 5.82 Å². The van der Waals surface area contributed by atoms with Gasteiger partial charge >= 0.3 is 0 Å². The second-order valence-electron chi connectivity index (χ2n) is 6.42. The number of hydrogen-bond acceptors (Lipinski definition) is 4. The summed E-state index contributed by atoms with van der Waals surface area (Å²) in [6, 6.07) is 6.44. The van der Waals surface area contributed by atoms with Crippen molar-refractivity contribution in [2.75, 3.05) is 19.7 Å². The van der Waals surface area contributed by atoms with Crippen molar-refractivity contribution < 1.29 is 13.9 Å². The summed E-state index contributed by atoms with van der Waals surface area (Å²) in [7, 11) is 0. The largest absolute Gasteiger partial charge is 0.366 e. The number of carbonyl (C=O) groups is 1. The van der Waals surface area contributed by atoms with E-state index in [9.17, 15) is 9.18 Å². The first-order valence-corrected chi connectivity index (χ1v) is 8.16. The Hall–Kier alpha value is -2.28. The van der Waals surface area contributed by atoms with Crippen LogP contribution < -0.4 is 0 Å². The number of ether oxygens (including phenoxy) is 1. The zero-order valence-electron chi connectivity index (χ0n) is 13.4. The second-order valence-corrected chi connectivity index (χ2v) is 6.42. The molecule has 1 N–H and O–H groups in total. The van der Waals surface area contributed by atoms with Crippen LogP contribution in [0.15, 0.2) is 24.3 Å². The number of aromatic nitrogens is 3. The van der Waals surface area contributed by atoms with Gasteiger partial charge in [0, 0.05) is 12.5 Å². The Kier molecular flexibility index (Phi) is 3.80. The molecular formula is C17H19FN4O2. The van der Waals surface area contributed by atoms with Crippen molar-refractivity contribution >= 4 is 5.91 Å². The van der Waals surface area contributed by atoms with Gasteiger partial charge in [0.25, 0.3) is 0 Å². The van der Waals surface area contributed by atoms with Gasteiger partial charge in [-0.25, -0.2) is 9.37 Å². The molecule has 2 heterocycles. The van der Waals surface area contributed by atoms with Crippen LogP contribution in [0.3, 0.4) is 0 Å². The Labute approximate surface area is 139 Å². The lowest BCUT2D eigenvalue weighted by Crippen LogP contribution is -2.43. The maximum absolute atomic E-state index is 13.0. The first-order chi connectivity index (χ1) is 11.6. The summed E-state index contributed by atoms with van der Waals surface area (Å²) in [5, 5.41) is 6.93. The number of nitrogens with zero attached hydrogens (tertiary/aromatic N) is 3. The summed E-state index contributed by atoms with van der Waals surface area (Å²) in [4.78, 5) is 18.9. The first-order valence-electron chi connectivity index (χ1n) is 8.16. The fourth-order valence-electron chi connectivity index (χ4n) is 3.29. The first kappa shape index (κ1) is 15.3. The second kappa shape index (κ2) is 5.98. The van der Waals surface area contributed by atoms with E-state index < -0.39 is 0 Å². The molecule has 2 aliphatic rings. The summed E-state index contributed by atoms with van der Waals surface area (Å²) in [6.07, 6.45) is 0.544. The van der Waals surface area contributed by atoms with Crippen LogP contribution in [0.25, 0.3) is 0 Å². The Balaban J connectivity index is 1.41. The number of hydrogen-bond donors (Lipinski definition) is 1. The highest BCUT2D eigenvalue weighted by Crippen LogP contribution is 2.48. The van der Waals surface area contributed by atoms with Crippen molar-refractivity contribution in [3.8, 4) is 0 Å². The molecule has 1 aromatic carbocycles. The van der Waals surface area contributed by atoms with E-state index in [1.54, 1.807) is 12.1 Å². The van der Waals surface area contributed by atoms with E-state index in [4.69, 9.17) is 4.74 Å². The third-order valence-corrected chi connectivity index (χ3v) is 4.69. The quantitative estimate of drug-likeness (QED) is 0.934. The van der Waals surface area contributed by atoms with E-state index in [1.165, 1.54) is 12.1 Å². The van der Waals surface area contributed by atoms with Crippen molar-refractivity contribution in [1.82, 2.24) is 20.1 Å². The molecule has 24 heavy (non-hydrogen) atoms. The Bertz CT molecular complexity index is 745. The molecule has 4 rings (SSSR count). The molecule has 2 aromatic rings. The summed E-state index contributed by atoms with van der Waals surface area (Å²) in [5.41, 5.74) is 1.03. The van der Waals surface area contributed by atoms with E-state index in [2.05, 4.69) is 15.2 Å². The van der Waals surface area contributed by atoms with Crippen LogP contribution in [0.1, 0.15) is 35.7 Å². The van der Waals surface area contributed by atoms with E-state index in [0.717, 1.165) is 17.8 Å². The molecule has 0 unspecified atom stereocenters. The number of halogens is 1. The van der Waals surface area contributed by atoms with E-state index in [1.807, 2.05) is 11.8 Å². The van der Waals surface area contributed by atoms with Gasteiger partial charge in [-0.2, -0.15) is 5.10 Å². The molecule has 1 aliphatic carbocycles. The number of rotatable bonds is 3. The zero-order valence-corrected chi connectivity index (χ0v) is 13.4. The predicted octanol–water partition coefficient (Wildman–Crippen LogP) is 1.96. The van der Waals surface area contributed by atoms with Gasteiger partial charge in [0.05, 0.1) is 13.2 Å². The Morgan fingerprint density at radius 2 is 2.17 bits per heavy atom. The van der Waals surface area contributed by atoms with E-state index >= 15 is 0 Å². The average Bonchev–Trinajstić information content (AvgIpc) is 3.28. The number of H-pyrrole nitrogens is 1. The standard InChI is InChI=1S/C17H19FN4O2/c1-10-19-16(21-20-10)15-9-22(6-7-24-15)17(23)14-8-13(14)11-2-4-12(18)5-3-11/h2-5,13-15H,6-9H2,1H3,(H,19,20,21)/t13-,14-,15-/m0/s1. The molecule has 126 valence electrons. The highest BCUT2D eigenvalue weighted by Gasteiger charge is 2.46. The van der Waals surface area contributed by atoms with Gasteiger partial charge in [-0.3, -0.25) is 9.89 Å². The maximum atomic E-state index is 13.0. The molecule has 6 nitrogen and oxygen atoms in total. The molecule has 1 amide bonds. The van der Waals surface area contributed by atoms with Gasteiger partial charge in [-0.1, -0.05) is 12.1 Å². The Morgan fingerprint density at radius 3 is 2.88 bits per heavy atom. The molecular weight excluding hydrogens is 311 g/mol. The van der Waals surface area contributed by atoms with Crippen LogP contribution in [0.4, 0.5) is 4.39 Å². The lowest BCUT2D eigenvalue weighted by Gasteiger charge is -2.32. The summed E-state index contributed by atoms with van der Waals surface area (Å²) < 4.78 is 18.7. The highest BCUT2D eigenvalue weighted by atomic mass is 19.1. The fraction of sp³-hybridized carbons (Fsp3) is 0.471. The molecule has 3 atom stereocenters. The summed E-state index contributed by atoms with van der Waals surface area (Å²) >= 11 is 0. The molecule has 2 fully saturated rings. The monoisotopic (exact) mass is 330 g/mol. The van der Waals surface area contributed by atoms with Crippen molar-refractivity contribution in [3.63, 3.8) is 0 Å². The van der Waals surface area contributed by atoms with Crippen molar-refractivity contribution in [3.05, 3.63) is 47.3 Å².